The fraction of sp³-hybridized carbons (Fsp3) is 0.0667. The molecule has 0 fully saturated rings. The van der Waals surface area contributed by atoms with Crippen LogP contribution in [0.15, 0.2) is 53.6 Å². The van der Waals surface area contributed by atoms with Crippen molar-refractivity contribution < 1.29 is 14.8 Å². The van der Waals surface area contributed by atoms with Crippen LogP contribution in [0.1, 0.15) is 22.8 Å². The average Bonchev–Trinajstić information content (AvgIpc) is 2.52. The molecule has 0 aromatic heterocycles. The fourth-order valence-electron chi connectivity index (χ4n) is 1.80. The molecule has 2 N–H and O–H groups in total. The molecular weight excluding hydrogens is 286 g/mol. The number of hydrazone groups is 1. The summed E-state index contributed by atoms with van der Waals surface area (Å²) in [5.74, 6) is -1.05. The number of anilines is 1. The van der Waals surface area contributed by atoms with Gasteiger partial charge in [0.05, 0.1) is 21.9 Å². The van der Waals surface area contributed by atoms with Crippen LogP contribution in [0, 0.1) is 10.1 Å². The second kappa shape index (κ2) is 6.49. The molecule has 0 aliphatic rings. The highest BCUT2D eigenvalue weighted by molar-refractivity contribution is 6.00. The predicted octanol–water partition coefficient (Wildman–Crippen LogP) is 3.13. The Bertz CT molecular complexity index is 739. The van der Waals surface area contributed by atoms with Crippen LogP contribution in [0.2, 0.25) is 0 Å². The third kappa shape index (κ3) is 3.45. The van der Waals surface area contributed by atoms with Crippen LogP contribution >= 0.6 is 0 Å². The molecule has 2 aromatic rings. The van der Waals surface area contributed by atoms with Gasteiger partial charge in [-0.05, 0) is 36.8 Å². The van der Waals surface area contributed by atoms with Crippen molar-refractivity contribution >= 4 is 23.1 Å². The first-order valence-corrected chi connectivity index (χ1v) is 6.36. The molecule has 2 rings (SSSR count). The molecule has 0 saturated heterocycles. The maximum atomic E-state index is 11.1. The Morgan fingerprint density at radius 3 is 2.41 bits per heavy atom. The minimum Gasteiger partial charge on any atom is -0.478 e. The molecule has 2 aromatic carbocycles. The van der Waals surface area contributed by atoms with Gasteiger partial charge >= 0.3 is 5.97 Å². The Labute approximate surface area is 126 Å². The lowest BCUT2D eigenvalue weighted by Gasteiger charge is -2.06. The molecule has 22 heavy (non-hydrogen) atoms. The van der Waals surface area contributed by atoms with Crippen molar-refractivity contribution in [1.82, 2.24) is 0 Å². The summed E-state index contributed by atoms with van der Waals surface area (Å²) in [6.45, 7) is 1.72. The van der Waals surface area contributed by atoms with E-state index in [1.165, 1.54) is 18.2 Å². The summed E-state index contributed by atoms with van der Waals surface area (Å²) in [6.07, 6.45) is 0. The summed E-state index contributed by atoms with van der Waals surface area (Å²) in [6, 6.07) is 12.4. The normalized spacial score (nSPS) is 11.0. The molecule has 0 bridgehead atoms. The standard InChI is InChI=1S/C15H13N3O4/c1-10(11-6-8-12(9-7-11)18(21)22)16-17-14-5-3-2-4-13(14)15(19)20/h2-9,17H,1H3,(H,19,20). The van der Waals surface area contributed by atoms with Gasteiger partial charge < -0.3 is 5.11 Å². The molecule has 0 saturated carbocycles. The number of nitro benzene ring substituents is 1. The molecule has 7 nitrogen and oxygen atoms in total. The van der Waals surface area contributed by atoms with Crippen LogP contribution < -0.4 is 5.43 Å². The van der Waals surface area contributed by atoms with Gasteiger partial charge in [0.15, 0.2) is 0 Å². The summed E-state index contributed by atoms with van der Waals surface area (Å²) < 4.78 is 0. The topological polar surface area (TPSA) is 105 Å². The van der Waals surface area contributed by atoms with Crippen molar-refractivity contribution in [3.05, 3.63) is 69.8 Å². The Balaban J connectivity index is 2.19. The number of hydrogen-bond acceptors (Lipinski definition) is 5. The van der Waals surface area contributed by atoms with Gasteiger partial charge in [-0.2, -0.15) is 5.10 Å². The zero-order chi connectivity index (χ0) is 16.1. The second-order valence-corrected chi connectivity index (χ2v) is 4.46. The minimum atomic E-state index is -1.05. The van der Waals surface area contributed by atoms with E-state index >= 15 is 0 Å². The van der Waals surface area contributed by atoms with Crippen molar-refractivity contribution in [2.45, 2.75) is 6.92 Å². The number of benzene rings is 2. The zero-order valence-electron chi connectivity index (χ0n) is 11.7. The number of carbonyl (C=O) groups is 1. The number of nitro groups is 1. The second-order valence-electron chi connectivity index (χ2n) is 4.46. The van der Waals surface area contributed by atoms with E-state index in [4.69, 9.17) is 5.11 Å². The molecule has 0 aliphatic heterocycles. The summed E-state index contributed by atoms with van der Waals surface area (Å²) >= 11 is 0. The van der Waals surface area contributed by atoms with Gasteiger partial charge in [-0.15, -0.1) is 0 Å². The minimum absolute atomic E-state index is 0.000678. The largest absolute Gasteiger partial charge is 0.478 e. The number of nitrogens with one attached hydrogen (secondary N) is 1. The van der Waals surface area contributed by atoms with E-state index in [0.29, 0.717) is 17.0 Å². The predicted molar refractivity (Wildman–Crippen MR) is 82.3 cm³/mol. The van der Waals surface area contributed by atoms with Gasteiger partial charge in [0.25, 0.3) is 5.69 Å². The van der Waals surface area contributed by atoms with E-state index in [2.05, 4.69) is 10.5 Å². The first kappa shape index (κ1) is 15.2. The highest BCUT2D eigenvalue weighted by Gasteiger charge is 2.09. The lowest BCUT2D eigenvalue weighted by Crippen LogP contribution is -2.04. The maximum absolute atomic E-state index is 11.1. The van der Waals surface area contributed by atoms with Crippen LogP contribution in [-0.4, -0.2) is 21.7 Å². The maximum Gasteiger partial charge on any atom is 0.337 e. The molecule has 7 heteroatoms. The molecule has 0 amide bonds. The van der Waals surface area contributed by atoms with Crippen molar-refractivity contribution in [2.24, 2.45) is 5.10 Å². The zero-order valence-corrected chi connectivity index (χ0v) is 11.7. The third-order valence-corrected chi connectivity index (χ3v) is 3.00. The van der Waals surface area contributed by atoms with Crippen LogP contribution in [0.25, 0.3) is 0 Å². The Hall–Kier alpha value is -3.22. The summed E-state index contributed by atoms with van der Waals surface area (Å²) in [5.41, 5.74) is 4.47. The Kier molecular flexibility index (Phi) is 4.47. The van der Waals surface area contributed by atoms with Gasteiger partial charge in [-0.3, -0.25) is 15.5 Å². The molecule has 0 spiro atoms. The number of para-hydroxylation sites is 1. The van der Waals surface area contributed by atoms with Crippen molar-refractivity contribution in [3.8, 4) is 0 Å². The monoisotopic (exact) mass is 299 g/mol. The first-order chi connectivity index (χ1) is 10.5. The van der Waals surface area contributed by atoms with E-state index in [1.807, 2.05) is 0 Å². The van der Waals surface area contributed by atoms with E-state index < -0.39 is 10.9 Å². The molecular formula is C15H13N3O4. The van der Waals surface area contributed by atoms with Crippen molar-refractivity contribution in [2.75, 3.05) is 5.43 Å². The highest BCUT2D eigenvalue weighted by Crippen LogP contribution is 2.16. The molecule has 112 valence electrons. The van der Waals surface area contributed by atoms with E-state index in [-0.39, 0.29) is 11.3 Å². The number of nitrogens with zero attached hydrogens (tertiary/aromatic N) is 2. The number of carboxylic acids is 1. The molecule has 0 atom stereocenters. The number of carboxylic acid groups (broad SMARTS) is 1. The fourth-order valence-corrected chi connectivity index (χ4v) is 1.80. The van der Waals surface area contributed by atoms with Crippen molar-refractivity contribution in [1.29, 1.82) is 0 Å². The summed E-state index contributed by atoms with van der Waals surface area (Å²) in [4.78, 5) is 21.2. The van der Waals surface area contributed by atoms with Gasteiger partial charge in [-0.25, -0.2) is 4.79 Å². The molecule has 0 aliphatic carbocycles. The lowest BCUT2D eigenvalue weighted by molar-refractivity contribution is -0.384. The number of non-ortho nitro benzene ring substituents is 1. The molecule has 0 heterocycles. The summed E-state index contributed by atoms with van der Waals surface area (Å²) in [7, 11) is 0. The Morgan fingerprint density at radius 1 is 1.18 bits per heavy atom. The van der Waals surface area contributed by atoms with Gasteiger partial charge in [0, 0.05) is 12.1 Å². The van der Waals surface area contributed by atoms with Crippen LogP contribution in [0.5, 0.6) is 0 Å². The lowest BCUT2D eigenvalue weighted by atomic mass is 10.1. The van der Waals surface area contributed by atoms with E-state index in [1.54, 1.807) is 37.3 Å². The van der Waals surface area contributed by atoms with Crippen LogP contribution in [0.3, 0.4) is 0 Å². The first-order valence-electron chi connectivity index (χ1n) is 6.36. The average molecular weight is 299 g/mol. The van der Waals surface area contributed by atoms with Crippen molar-refractivity contribution in [3.63, 3.8) is 0 Å². The van der Waals surface area contributed by atoms with Gasteiger partial charge in [0.1, 0.15) is 0 Å². The highest BCUT2D eigenvalue weighted by atomic mass is 16.6. The third-order valence-electron chi connectivity index (χ3n) is 3.00. The number of rotatable bonds is 5. The molecule has 0 unspecified atom stereocenters. The quantitative estimate of drug-likeness (QED) is 0.501. The number of hydrogen-bond donors (Lipinski definition) is 2. The van der Waals surface area contributed by atoms with Crippen LogP contribution in [-0.2, 0) is 0 Å². The smallest absolute Gasteiger partial charge is 0.337 e. The van der Waals surface area contributed by atoms with Gasteiger partial charge in [-0.1, -0.05) is 12.1 Å². The van der Waals surface area contributed by atoms with Crippen LogP contribution in [0.4, 0.5) is 11.4 Å². The SMILES string of the molecule is CC(=NNc1ccccc1C(=O)O)c1ccc([N+](=O)[O-])cc1. The Morgan fingerprint density at radius 2 is 1.82 bits per heavy atom. The summed E-state index contributed by atoms with van der Waals surface area (Å²) in [5, 5.41) is 23.8. The van der Waals surface area contributed by atoms with E-state index in [0.717, 1.165) is 0 Å². The number of aromatic carboxylic acids is 1. The molecule has 0 radical (unpaired) electrons. The van der Waals surface area contributed by atoms with Gasteiger partial charge in [0.2, 0.25) is 0 Å². The van der Waals surface area contributed by atoms with E-state index in [9.17, 15) is 14.9 Å².